The topological polar surface area (TPSA) is 314 Å². The van der Waals surface area contributed by atoms with Crippen LogP contribution in [0, 0.1) is 0 Å². The monoisotopic (exact) mass is 1190 g/mol. The van der Waals surface area contributed by atoms with Crippen LogP contribution in [0.1, 0.15) is 51.8 Å². The second-order valence-electron chi connectivity index (χ2n) is 16.4. The number of hydrogen-bond acceptors (Lipinski definition) is 22. The number of aliphatic imine (C=N–C) groups is 1. The number of carboxylic acids is 1. The maximum absolute atomic E-state index is 12.5. The van der Waals surface area contributed by atoms with Gasteiger partial charge in [0.15, 0.2) is 16.7 Å². The first-order valence-electron chi connectivity index (χ1n) is 24.5. The van der Waals surface area contributed by atoms with E-state index in [0.717, 1.165) is 32.5 Å². The Hall–Kier alpha value is -10.1. The summed E-state index contributed by atoms with van der Waals surface area (Å²) in [6, 6.07) is 29.1. The van der Waals surface area contributed by atoms with E-state index in [2.05, 4.69) is 30.4 Å². The fraction of sp³-hybridized carbons (Fsp3) is 0.196. The first-order chi connectivity index (χ1) is 39.8. The Labute approximate surface area is 482 Å². The van der Waals surface area contributed by atoms with Gasteiger partial charge in [0, 0.05) is 50.7 Å². The van der Waals surface area contributed by atoms with Crippen molar-refractivity contribution in [2.24, 2.45) is 4.99 Å². The molecule has 0 radical (unpaired) electrons. The molecule has 4 amide bonds. The minimum atomic E-state index is -1.36. The number of amides is 4. The van der Waals surface area contributed by atoms with Gasteiger partial charge in [-0.3, -0.25) is 9.80 Å². The van der Waals surface area contributed by atoms with E-state index in [1.165, 1.54) is 77.0 Å². The van der Waals surface area contributed by atoms with E-state index in [1.54, 1.807) is 106 Å². The number of benzene rings is 3. The molecule has 0 bridgehead atoms. The quantitative estimate of drug-likeness (QED) is 0.0421. The number of ether oxygens (including phenoxy) is 5. The molecular formula is C56H52N6O18S3. The number of carbonyl (C=O) groups is 5. The zero-order valence-corrected chi connectivity index (χ0v) is 47.9. The highest BCUT2D eigenvalue weighted by Crippen LogP contribution is 2.34. The molecule has 0 aliphatic rings. The van der Waals surface area contributed by atoms with Crippen molar-refractivity contribution in [2.75, 3.05) is 80.9 Å². The van der Waals surface area contributed by atoms with Gasteiger partial charge in [-0.15, -0.1) is 34.0 Å². The molecule has 6 aromatic heterocycles. The van der Waals surface area contributed by atoms with Crippen LogP contribution in [0.25, 0.3) is 30.8 Å². The van der Waals surface area contributed by atoms with Crippen LogP contribution in [0.5, 0.6) is 17.2 Å². The zero-order valence-electron chi connectivity index (χ0n) is 45.5. The minimum Gasteiger partial charge on any atom is -0.494 e. The van der Waals surface area contributed by atoms with Crippen molar-refractivity contribution < 1.29 is 70.8 Å². The van der Waals surface area contributed by atoms with Crippen molar-refractivity contribution in [3.63, 3.8) is 0 Å². The van der Waals surface area contributed by atoms with E-state index in [9.17, 15) is 43.2 Å². The number of isocyanates is 1. The third-order valence-corrected chi connectivity index (χ3v) is 14.3. The molecule has 0 aliphatic carbocycles. The molecule has 432 valence electrons. The third kappa shape index (κ3) is 16.5. The fourth-order valence-corrected chi connectivity index (χ4v) is 9.74. The number of fused-ring (bicyclic) bond motifs is 3. The molecule has 0 atom stereocenters. The minimum absolute atomic E-state index is 0.0838. The standard InChI is InChI=1S/C19H18N2O6S.C18H16N2O6S.C10H9NO4S.C9H9NO2/c1-4-26-12-7-5-11(6-8-12)20-19(24)21(2)16-10-14-15(28-16)9-13(17(22)25-3)18(23)27-14;1-3-25-11-6-4-10(5-7-11)19-18(24)20(2)15-9-13-14(27-15)8-12(16(21)22)17(23)26-13;1-11-8-4-6-7(16-8)3-5(9(12)14-2)10(13)15-6;1-2-12-9-5-3-8(4-6-9)10-7-11/h5-10H,4H2,1-3H3,(H,20,24);4-9H,3H2,1-2H3,(H,19,24)(H,21,22);3-4,11H,1-2H3;3-6H,2H2,1H3. The highest BCUT2D eigenvalue weighted by atomic mass is 32.1. The van der Waals surface area contributed by atoms with Gasteiger partial charge in [-0.05, 0) is 112 Å². The van der Waals surface area contributed by atoms with Crippen LogP contribution in [-0.4, -0.2) is 96.3 Å². The Morgan fingerprint density at radius 2 is 0.916 bits per heavy atom. The van der Waals surface area contributed by atoms with Crippen molar-refractivity contribution in [3.8, 4) is 17.2 Å². The molecule has 0 aliphatic heterocycles. The zero-order chi connectivity index (χ0) is 60.3. The van der Waals surface area contributed by atoms with Crippen molar-refractivity contribution in [1.29, 1.82) is 0 Å². The summed E-state index contributed by atoms with van der Waals surface area (Å²) in [6.07, 6.45) is 1.47. The lowest BCUT2D eigenvalue weighted by Crippen LogP contribution is -2.30. The normalized spacial score (nSPS) is 10.3. The molecule has 0 spiro atoms. The molecule has 4 N–H and O–H groups in total. The van der Waals surface area contributed by atoms with Gasteiger partial charge in [0.25, 0.3) is 0 Å². The summed E-state index contributed by atoms with van der Waals surface area (Å²) in [5.41, 5.74) is -0.339. The number of thiophene rings is 3. The molecule has 9 aromatic rings. The van der Waals surface area contributed by atoms with Crippen LogP contribution in [0.4, 0.5) is 41.7 Å². The van der Waals surface area contributed by atoms with Gasteiger partial charge in [0.1, 0.15) is 43.9 Å². The number of carboxylic acid groups (broad SMARTS) is 1. The second-order valence-corrected chi connectivity index (χ2v) is 19.6. The Kier molecular flexibility index (Phi) is 22.0. The van der Waals surface area contributed by atoms with Crippen LogP contribution >= 0.6 is 34.0 Å². The van der Waals surface area contributed by atoms with Gasteiger partial charge in [-0.1, -0.05) is 0 Å². The van der Waals surface area contributed by atoms with E-state index in [0.29, 0.717) is 73.2 Å². The number of nitrogens with one attached hydrogen (secondary N) is 3. The highest BCUT2D eigenvalue weighted by molar-refractivity contribution is 7.23. The Balaban J connectivity index is 0.000000187. The lowest BCUT2D eigenvalue weighted by molar-refractivity contribution is 0.0587. The molecule has 0 fully saturated rings. The predicted molar refractivity (Wildman–Crippen MR) is 316 cm³/mol. The number of urea groups is 2. The maximum Gasteiger partial charge on any atom is 0.351 e. The smallest absolute Gasteiger partial charge is 0.351 e. The maximum atomic E-state index is 12.5. The van der Waals surface area contributed by atoms with E-state index >= 15 is 0 Å². The summed E-state index contributed by atoms with van der Waals surface area (Å²) in [6.45, 7) is 7.45. The summed E-state index contributed by atoms with van der Waals surface area (Å²) < 4.78 is 41.9. The summed E-state index contributed by atoms with van der Waals surface area (Å²) in [5, 5.41) is 19.4. The Bertz CT molecular complexity index is 3990. The number of esters is 2. The molecule has 83 heavy (non-hydrogen) atoms. The van der Waals surface area contributed by atoms with Crippen molar-refractivity contribution in [3.05, 3.63) is 157 Å². The van der Waals surface area contributed by atoms with Crippen molar-refractivity contribution in [1.82, 2.24) is 0 Å². The van der Waals surface area contributed by atoms with Gasteiger partial charge < -0.3 is 58.0 Å². The second kappa shape index (κ2) is 29.4. The predicted octanol–water partition coefficient (Wildman–Crippen LogP) is 11.1. The van der Waals surface area contributed by atoms with Gasteiger partial charge in [0.2, 0.25) is 6.08 Å². The molecule has 0 saturated heterocycles. The van der Waals surface area contributed by atoms with E-state index < -0.39 is 46.4 Å². The summed E-state index contributed by atoms with van der Waals surface area (Å²) in [4.78, 5) is 110. The SMILES string of the molecule is CCOc1ccc(N=C=O)cc1.CCOc1ccc(NC(=O)N(C)c2cc3oc(=O)c(C(=O)O)cc3s2)cc1.CCOc1ccc(NC(=O)N(C)c2cc3oc(=O)c(C(=O)OC)cc3s2)cc1.CNc1cc2oc(=O)c(C(=O)OC)cc2s1. The lowest BCUT2D eigenvalue weighted by Gasteiger charge is -2.16. The molecule has 27 heteroatoms. The average molecular weight is 1190 g/mol. The highest BCUT2D eigenvalue weighted by Gasteiger charge is 2.21. The lowest BCUT2D eigenvalue weighted by atomic mass is 10.3. The van der Waals surface area contributed by atoms with Crippen LogP contribution < -0.4 is 56.8 Å². The van der Waals surface area contributed by atoms with Gasteiger partial charge >= 0.3 is 46.8 Å². The van der Waals surface area contributed by atoms with E-state index in [4.69, 9.17) is 32.6 Å². The Morgan fingerprint density at radius 1 is 0.554 bits per heavy atom. The summed E-state index contributed by atoms with van der Waals surface area (Å²) >= 11 is 3.75. The van der Waals surface area contributed by atoms with Crippen LogP contribution in [0.2, 0.25) is 0 Å². The molecule has 0 unspecified atom stereocenters. The largest absolute Gasteiger partial charge is 0.494 e. The van der Waals surface area contributed by atoms with Crippen molar-refractivity contribution >= 4 is 133 Å². The van der Waals surface area contributed by atoms with E-state index in [-0.39, 0.29) is 22.7 Å². The number of methoxy groups -OCH3 is 2. The van der Waals surface area contributed by atoms with Gasteiger partial charge in [-0.25, -0.2) is 43.2 Å². The number of carbonyl (C=O) groups excluding carboxylic acids is 5. The molecular weight excluding hydrogens is 1140 g/mol. The molecule has 9 rings (SSSR count). The third-order valence-electron chi connectivity index (χ3n) is 11.0. The van der Waals surface area contributed by atoms with Gasteiger partial charge in [0.05, 0.1) is 58.8 Å². The average Bonchev–Trinajstić information content (AvgIpc) is 4.39. The van der Waals surface area contributed by atoms with E-state index in [1.807, 2.05) is 20.8 Å². The number of hydrogen-bond donors (Lipinski definition) is 4. The fourth-order valence-electron chi connectivity index (χ4n) is 6.88. The molecule has 0 saturated carbocycles. The Morgan fingerprint density at radius 3 is 1.28 bits per heavy atom. The number of rotatable bonds is 15. The first kappa shape index (κ1) is 62.1. The van der Waals surface area contributed by atoms with Crippen molar-refractivity contribution in [2.45, 2.75) is 20.8 Å². The van der Waals surface area contributed by atoms with Crippen LogP contribution in [0.15, 0.2) is 142 Å². The van der Waals surface area contributed by atoms with Crippen LogP contribution in [0.3, 0.4) is 0 Å². The molecule has 24 nitrogen and oxygen atoms in total. The summed E-state index contributed by atoms with van der Waals surface area (Å²) in [5.74, 6) is -0.612. The molecule has 6 heterocycles. The summed E-state index contributed by atoms with van der Waals surface area (Å²) in [7, 11) is 7.33. The first-order valence-corrected chi connectivity index (χ1v) is 26.9. The van der Waals surface area contributed by atoms with Gasteiger partial charge in [-0.2, -0.15) is 4.99 Å². The molecule has 3 aromatic carbocycles. The number of anilines is 5. The number of aromatic carboxylic acids is 1. The number of nitrogens with zero attached hydrogens (tertiary/aromatic N) is 3. The van der Waals surface area contributed by atoms with Crippen LogP contribution in [-0.2, 0) is 14.3 Å².